The lowest BCUT2D eigenvalue weighted by Gasteiger charge is -2.32. The van der Waals surface area contributed by atoms with E-state index in [1.165, 1.54) is 0 Å². The maximum absolute atomic E-state index is 13.9. The molecule has 0 saturated carbocycles. The van der Waals surface area contributed by atoms with Gasteiger partial charge in [-0.05, 0) is 42.8 Å². The maximum Gasteiger partial charge on any atom is 0.261 e. The summed E-state index contributed by atoms with van der Waals surface area (Å²) in [5.41, 5.74) is 3.07. The van der Waals surface area contributed by atoms with Gasteiger partial charge in [-0.15, -0.1) is 0 Å². The highest BCUT2D eigenvalue weighted by molar-refractivity contribution is 5.90. The summed E-state index contributed by atoms with van der Waals surface area (Å²) in [6.45, 7) is 6.18. The van der Waals surface area contributed by atoms with Crippen LogP contribution < -0.4 is 10.1 Å². The maximum atomic E-state index is 13.9. The van der Waals surface area contributed by atoms with E-state index in [0.717, 1.165) is 33.9 Å². The van der Waals surface area contributed by atoms with Gasteiger partial charge in [0, 0.05) is 24.4 Å². The zero-order chi connectivity index (χ0) is 26.9. The van der Waals surface area contributed by atoms with Gasteiger partial charge in [-0.2, -0.15) is 0 Å². The van der Waals surface area contributed by atoms with Gasteiger partial charge < -0.3 is 15.0 Å². The Balaban J connectivity index is 1.65. The molecule has 4 aromatic rings. The van der Waals surface area contributed by atoms with Crippen molar-refractivity contribution in [2.24, 2.45) is 0 Å². The van der Waals surface area contributed by atoms with E-state index in [4.69, 9.17) is 4.74 Å². The fourth-order valence-corrected chi connectivity index (χ4v) is 4.55. The number of fused-ring (bicyclic) bond motifs is 1. The largest absolute Gasteiger partial charge is 0.483 e. The van der Waals surface area contributed by atoms with Gasteiger partial charge in [0.1, 0.15) is 11.8 Å². The van der Waals surface area contributed by atoms with Crippen LogP contribution in [0, 0.1) is 6.92 Å². The summed E-state index contributed by atoms with van der Waals surface area (Å²) in [5.74, 6) is 0.254. The Bertz CT molecular complexity index is 1360. The summed E-state index contributed by atoms with van der Waals surface area (Å²) < 4.78 is 6.08. The van der Waals surface area contributed by atoms with Crippen LogP contribution in [0.4, 0.5) is 0 Å². The first-order valence-electron chi connectivity index (χ1n) is 13.2. The fraction of sp³-hybridized carbons (Fsp3) is 0.273. The molecule has 0 aromatic heterocycles. The second-order valence-electron chi connectivity index (χ2n) is 9.80. The predicted molar refractivity (Wildman–Crippen MR) is 153 cm³/mol. The SMILES string of the molecule is CC[C@@H](C)NC(=O)[C@@H](Cc1ccccc1)N(Cc1cccc(C)c1)C(=O)COc1cccc2ccccc12. The number of carbonyl (C=O) groups excluding carboxylic acids is 2. The number of hydrogen-bond donors (Lipinski definition) is 1. The molecule has 38 heavy (non-hydrogen) atoms. The van der Waals surface area contributed by atoms with E-state index in [-0.39, 0.29) is 24.5 Å². The number of amides is 2. The molecule has 4 rings (SSSR count). The van der Waals surface area contributed by atoms with Crippen LogP contribution in [0.5, 0.6) is 5.75 Å². The lowest BCUT2D eigenvalue weighted by molar-refractivity contribution is -0.143. The molecular formula is C33H36N2O3. The summed E-state index contributed by atoms with van der Waals surface area (Å²) in [7, 11) is 0. The Hall–Kier alpha value is -4.12. The Morgan fingerprint density at radius 2 is 1.55 bits per heavy atom. The first-order chi connectivity index (χ1) is 18.4. The Morgan fingerprint density at radius 1 is 0.868 bits per heavy atom. The zero-order valence-corrected chi connectivity index (χ0v) is 22.4. The highest BCUT2D eigenvalue weighted by atomic mass is 16.5. The van der Waals surface area contributed by atoms with E-state index in [0.29, 0.717) is 18.7 Å². The third-order valence-electron chi connectivity index (χ3n) is 6.81. The third-order valence-corrected chi connectivity index (χ3v) is 6.81. The van der Waals surface area contributed by atoms with Gasteiger partial charge in [0.2, 0.25) is 5.91 Å². The minimum absolute atomic E-state index is 0.00336. The lowest BCUT2D eigenvalue weighted by Crippen LogP contribution is -2.53. The van der Waals surface area contributed by atoms with Crippen LogP contribution in [0.15, 0.2) is 97.1 Å². The number of nitrogens with zero attached hydrogens (tertiary/aromatic N) is 1. The zero-order valence-electron chi connectivity index (χ0n) is 22.4. The van der Waals surface area contributed by atoms with Gasteiger partial charge in [-0.25, -0.2) is 0 Å². The first kappa shape index (κ1) is 26.9. The second kappa shape index (κ2) is 12.9. The van der Waals surface area contributed by atoms with Crippen LogP contribution in [0.1, 0.15) is 37.0 Å². The molecule has 0 aliphatic carbocycles. The topological polar surface area (TPSA) is 58.6 Å². The first-order valence-corrected chi connectivity index (χ1v) is 13.2. The van der Waals surface area contributed by atoms with Crippen molar-refractivity contribution >= 4 is 22.6 Å². The second-order valence-corrected chi connectivity index (χ2v) is 9.80. The van der Waals surface area contributed by atoms with Crippen LogP contribution in [0.25, 0.3) is 10.8 Å². The molecule has 0 radical (unpaired) electrons. The third kappa shape index (κ3) is 7.00. The number of aryl methyl sites for hydroxylation is 1. The summed E-state index contributed by atoms with van der Waals surface area (Å²) in [5, 5.41) is 5.10. The van der Waals surface area contributed by atoms with E-state index in [1.807, 2.05) is 112 Å². The quantitative estimate of drug-likeness (QED) is 0.267. The van der Waals surface area contributed by atoms with E-state index in [9.17, 15) is 9.59 Å². The highest BCUT2D eigenvalue weighted by Crippen LogP contribution is 2.25. The Labute approximate surface area is 225 Å². The molecule has 0 unspecified atom stereocenters. The summed E-state index contributed by atoms with van der Waals surface area (Å²) in [6.07, 6.45) is 1.22. The number of carbonyl (C=O) groups is 2. The molecule has 0 spiro atoms. The molecule has 196 valence electrons. The van der Waals surface area contributed by atoms with Crippen LogP contribution >= 0.6 is 0 Å². The minimum atomic E-state index is -0.685. The number of ether oxygens (including phenoxy) is 1. The standard InChI is InChI=1S/C33H36N2O3/c1-4-25(3)34-33(37)30(21-26-13-6-5-7-14-26)35(22-27-15-10-12-24(2)20-27)32(36)23-38-31-19-11-17-28-16-8-9-18-29(28)31/h5-20,25,30H,4,21-23H2,1-3H3,(H,34,37)/t25-,30-/m1/s1. The molecule has 0 heterocycles. The van der Waals surface area contributed by atoms with Gasteiger partial charge in [-0.1, -0.05) is 103 Å². The van der Waals surface area contributed by atoms with Gasteiger partial charge in [0.05, 0.1) is 0 Å². The van der Waals surface area contributed by atoms with Crippen molar-refractivity contribution in [3.05, 3.63) is 114 Å². The summed E-state index contributed by atoms with van der Waals surface area (Å²) in [6, 6.07) is 30.9. The van der Waals surface area contributed by atoms with Crippen molar-refractivity contribution in [1.82, 2.24) is 10.2 Å². The van der Waals surface area contributed by atoms with E-state index in [2.05, 4.69) is 11.4 Å². The molecule has 2 atom stereocenters. The van der Waals surface area contributed by atoms with Gasteiger partial charge in [0.15, 0.2) is 6.61 Å². The molecule has 5 nitrogen and oxygen atoms in total. The van der Waals surface area contributed by atoms with E-state index in [1.54, 1.807) is 4.90 Å². The van der Waals surface area contributed by atoms with Crippen molar-refractivity contribution in [1.29, 1.82) is 0 Å². The summed E-state index contributed by atoms with van der Waals surface area (Å²) >= 11 is 0. The van der Waals surface area contributed by atoms with Crippen molar-refractivity contribution in [3.8, 4) is 5.75 Å². The van der Waals surface area contributed by atoms with Crippen molar-refractivity contribution in [3.63, 3.8) is 0 Å². The van der Waals surface area contributed by atoms with Crippen LogP contribution in [0.3, 0.4) is 0 Å². The molecule has 4 aromatic carbocycles. The molecule has 1 N–H and O–H groups in total. The molecule has 5 heteroatoms. The summed E-state index contributed by atoms with van der Waals surface area (Å²) in [4.78, 5) is 29.1. The monoisotopic (exact) mass is 508 g/mol. The fourth-order valence-electron chi connectivity index (χ4n) is 4.55. The molecule has 0 aliphatic rings. The molecule has 2 amide bonds. The molecule has 0 fully saturated rings. The lowest BCUT2D eigenvalue weighted by atomic mass is 10.0. The smallest absolute Gasteiger partial charge is 0.261 e. The Morgan fingerprint density at radius 3 is 2.32 bits per heavy atom. The van der Waals surface area contributed by atoms with Crippen LogP contribution in [-0.2, 0) is 22.6 Å². The molecule has 0 aliphatic heterocycles. The number of hydrogen-bond acceptors (Lipinski definition) is 3. The molecule has 0 saturated heterocycles. The normalized spacial score (nSPS) is 12.5. The van der Waals surface area contributed by atoms with E-state index >= 15 is 0 Å². The van der Waals surface area contributed by atoms with Crippen molar-refractivity contribution in [2.75, 3.05) is 6.61 Å². The molecular weight excluding hydrogens is 472 g/mol. The average molecular weight is 509 g/mol. The van der Waals surface area contributed by atoms with E-state index < -0.39 is 6.04 Å². The number of nitrogens with one attached hydrogen (secondary N) is 1. The predicted octanol–water partition coefficient (Wildman–Crippen LogP) is 6.08. The van der Waals surface area contributed by atoms with Crippen LogP contribution in [0.2, 0.25) is 0 Å². The molecule has 0 bridgehead atoms. The Kier molecular flexibility index (Phi) is 9.15. The number of benzene rings is 4. The van der Waals surface area contributed by atoms with Crippen LogP contribution in [-0.4, -0.2) is 35.4 Å². The van der Waals surface area contributed by atoms with Gasteiger partial charge in [0.25, 0.3) is 5.91 Å². The highest BCUT2D eigenvalue weighted by Gasteiger charge is 2.31. The van der Waals surface area contributed by atoms with Crippen molar-refractivity contribution < 1.29 is 14.3 Å². The number of rotatable bonds is 11. The van der Waals surface area contributed by atoms with Crippen molar-refractivity contribution in [2.45, 2.75) is 52.2 Å². The minimum Gasteiger partial charge on any atom is -0.483 e. The average Bonchev–Trinajstić information content (AvgIpc) is 2.94. The van der Waals surface area contributed by atoms with Gasteiger partial charge >= 0.3 is 0 Å². The van der Waals surface area contributed by atoms with Gasteiger partial charge in [-0.3, -0.25) is 9.59 Å².